The maximum absolute atomic E-state index is 11.7. The van der Waals surface area contributed by atoms with Crippen LogP contribution in [0.1, 0.15) is 40.2 Å². The van der Waals surface area contributed by atoms with Crippen molar-refractivity contribution >= 4 is 34.4 Å². The summed E-state index contributed by atoms with van der Waals surface area (Å²) in [5, 5.41) is 1.54. The summed E-state index contributed by atoms with van der Waals surface area (Å²) in [4.78, 5) is 18.5. The number of thioether (sulfide) groups is 1. The first-order chi connectivity index (χ1) is 11.8. The Labute approximate surface area is 161 Å². The summed E-state index contributed by atoms with van der Waals surface area (Å²) in [5.74, 6) is -0.295. The molecule has 0 fully saturated rings. The quantitative estimate of drug-likeness (QED) is 0.701. The normalized spacial score (nSPS) is 18.4. The minimum Gasteiger partial charge on any atom is -0.467 e. The summed E-state index contributed by atoms with van der Waals surface area (Å²) in [7, 11) is 1.39. The van der Waals surface area contributed by atoms with E-state index in [9.17, 15) is 4.79 Å². The van der Waals surface area contributed by atoms with Gasteiger partial charge in [0.2, 0.25) is 0 Å². The lowest BCUT2D eigenvalue weighted by atomic mass is 10.0. The Morgan fingerprint density at radius 2 is 1.72 bits per heavy atom. The van der Waals surface area contributed by atoms with Crippen molar-refractivity contribution in [1.82, 2.24) is 4.90 Å². The van der Waals surface area contributed by atoms with Gasteiger partial charge in [0.1, 0.15) is 0 Å². The predicted molar refractivity (Wildman–Crippen MR) is 109 cm³/mol. The molecule has 0 saturated heterocycles. The van der Waals surface area contributed by atoms with Crippen molar-refractivity contribution in [3.63, 3.8) is 0 Å². The number of halogens is 1. The Morgan fingerprint density at radius 3 is 2.12 bits per heavy atom. The topological polar surface area (TPSA) is 41.9 Å². The number of nitrogens with zero attached hydrogens (tertiary/aromatic N) is 2. The molecule has 0 radical (unpaired) electrons. The molecule has 1 heterocycles. The Hall–Kier alpha value is -1.04. The van der Waals surface area contributed by atoms with E-state index in [2.05, 4.69) is 30.7 Å². The minimum absolute atomic E-state index is 0.290. The van der Waals surface area contributed by atoms with Gasteiger partial charge >= 0.3 is 5.97 Å². The van der Waals surface area contributed by atoms with E-state index >= 15 is 0 Å². The van der Waals surface area contributed by atoms with E-state index in [0.717, 1.165) is 10.6 Å². The molecule has 1 aliphatic heterocycles. The number of esters is 1. The van der Waals surface area contributed by atoms with Gasteiger partial charge in [0.05, 0.1) is 12.2 Å². The van der Waals surface area contributed by atoms with Crippen molar-refractivity contribution in [2.45, 2.75) is 45.4 Å². The van der Waals surface area contributed by atoms with Crippen LogP contribution in [0.2, 0.25) is 5.02 Å². The summed E-state index contributed by atoms with van der Waals surface area (Å²) in [5.41, 5.74) is 0.976. The number of ether oxygens (including phenoxy) is 1. The van der Waals surface area contributed by atoms with Crippen LogP contribution in [0.4, 0.5) is 0 Å². The smallest absolute Gasteiger partial charge is 0.332 e. The van der Waals surface area contributed by atoms with Crippen LogP contribution < -0.4 is 0 Å². The van der Waals surface area contributed by atoms with Crippen molar-refractivity contribution in [3.05, 3.63) is 34.9 Å². The number of benzene rings is 1. The molecule has 140 valence electrons. The molecule has 2 rings (SSSR count). The molecule has 25 heavy (non-hydrogen) atoms. The van der Waals surface area contributed by atoms with E-state index < -0.39 is 6.04 Å². The number of hydrogen-bond donors (Lipinski definition) is 0. The van der Waals surface area contributed by atoms with E-state index in [1.807, 2.05) is 38.1 Å². The van der Waals surface area contributed by atoms with Crippen LogP contribution in [0.15, 0.2) is 29.3 Å². The minimum atomic E-state index is -0.460. The van der Waals surface area contributed by atoms with Crippen molar-refractivity contribution < 1.29 is 9.53 Å². The van der Waals surface area contributed by atoms with Gasteiger partial charge in [-0.15, -0.1) is 0 Å². The molecule has 1 atom stereocenters. The summed E-state index contributed by atoms with van der Waals surface area (Å²) in [6.45, 7) is 14.1. The summed E-state index contributed by atoms with van der Waals surface area (Å²) < 4.78 is 4.50. The highest BCUT2D eigenvalue weighted by Gasteiger charge is 2.43. The molecule has 1 aromatic rings. The third-order valence-corrected chi connectivity index (χ3v) is 5.66. The Balaban J connectivity index is 0.000000381. The molecule has 4 nitrogen and oxygen atoms in total. The lowest BCUT2D eigenvalue weighted by Crippen LogP contribution is -2.35. The largest absolute Gasteiger partial charge is 0.467 e. The fraction of sp³-hybridized carbons (Fsp3) is 0.579. The van der Waals surface area contributed by atoms with Crippen molar-refractivity contribution in [3.8, 4) is 0 Å². The molecule has 0 amide bonds. The number of rotatable bonds is 5. The zero-order valence-corrected chi connectivity index (χ0v) is 17.6. The van der Waals surface area contributed by atoms with Crippen molar-refractivity contribution in [1.29, 1.82) is 0 Å². The lowest BCUT2D eigenvalue weighted by Gasteiger charge is -2.21. The zero-order valence-electron chi connectivity index (χ0n) is 16.0. The molecule has 1 aromatic carbocycles. The molecule has 0 aromatic heterocycles. The Kier molecular flexibility index (Phi) is 8.97. The number of methoxy groups -OCH3 is 1. The number of carbonyl (C=O) groups excluding carboxylic acids is 1. The average Bonchev–Trinajstić information content (AvgIpc) is 2.92. The van der Waals surface area contributed by atoms with Gasteiger partial charge in [-0.2, -0.15) is 0 Å². The molecule has 1 aliphatic rings. The van der Waals surface area contributed by atoms with Gasteiger partial charge in [0.25, 0.3) is 0 Å². The number of hydrogen-bond acceptors (Lipinski definition) is 5. The van der Waals surface area contributed by atoms with Crippen LogP contribution in [-0.4, -0.2) is 53.4 Å². The van der Waals surface area contributed by atoms with Crippen molar-refractivity contribution in [2.75, 3.05) is 26.7 Å². The number of aliphatic imine (C=N–C) groups is 1. The molecular weight excluding hydrogens is 356 g/mol. The van der Waals surface area contributed by atoms with Crippen LogP contribution in [0.25, 0.3) is 0 Å². The van der Waals surface area contributed by atoms with Crippen molar-refractivity contribution in [2.24, 2.45) is 4.99 Å². The van der Waals surface area contributed by atoms with Gasteiger partial charge in [0, 0.05) is 15.3 Å². The molecule has 0 bridgehead atoms. The second-order valence-corrected chi connectivity index (χ2v) is 8.27. The Morgan fingerprint density at radius 1 is 1.20 bits per heavy atom. The fourth-order valence-corrected chi connectivity index (χ4v) is 3.75. The summed E-state index contributed by atoms with van der Waals surface area (Å²) >= 11 is 7.44. The molecule has 0 aliphatic carbocycles. The van der Waals surface area contributed by atoms with Gasteiger partial charge in [-0.3, -0.25) is 4.99 Å². The lowest BCUT2D eigenvalue weighted by molar-refractivity contribution is -0.142. The first-order valence-corrected chi connectivity index (χ1v) is 9.81. The zero-order chi connectivity index (χ0) is 19.0. The van der Waals surface area contributed by atoms with E-state index in [1.54, 1.807) is 11.8 Å². The molecule has 0 saturated carbocycles. The highest BCUT2D eigenvalue weighted by Crippen LogP contribution is 2.40. The first-order valence-electron chi connectivity index (χ1n) is 8.61. The van der Waals surface area contributed by atoms with E-state index in [0.29, 0.717) is 5.02 Å². The van der Waals surface area contributed by atoms with E-state index in [4.69, 9.17) is 16.3 Å². The van der Waals surface area contributed by atoms with Gasteiger partial charge in [-0.1, -0.05) is 56.3 Å². The highest BCUT2D eigenvalue weighted by atomic mass is 35.5. The van der Waals surface area contributed by atoms with E-state index in [-0.39, 0.29) is 10.7 Å². The second-order valence-electron chi connectivity index (χ2n) is 6.19. The first kappa shape index (κ1) is 22.0. The van der Waals surface area contributed by atoms with Crippen LogP contribution in [0.3, 0.4) is 0 Å². The summed E-state index contributed by atoms with van der Waals surface area (Å²) in [6.07, 6.45) is 0. The highest BCUT2D eigenvalue weighted by molar-refractivity contribution is 8.15. The van der Waals surface area contributed by atoms with E-state index in [1.165, 1.54) is 26.7 Å². The predicted octanol–water partition coefficient (Wildman–Crippen LogP) is 4.50. The van der Waals surface area contributed by atoms with Crippen LogP contribution in [0.5, 0.6) is 0 Å². The second kappa shape index (κ2) is 10.2. The molecule has 1 unspecified atom stereocenters. The standard InChI is InChI=1S/C13H14ClNO2S.C6H15N/c1-13(2)10(12(16)17-3)15-11(18-13)8-4-6-9(14)7-5-8;1-4-7(5-2)6-3/h4-7,10H,1-3H3;4-6H2,1-3H3. The molecule has 0 spiro atoms. The molecule has 0 N–H and O–H groups in total. The third-order valence-electron chi connectivity index (χ3n) is 4.12. The maximum Gasteiger partial charge on any atom is 0.332 e. The number of carbonyl (C=O) groups is 1. The Bertz CT molecular complexity index is 578. The van der Waals surface area contributed by atoms with Gasteiger partial charge in [-0.05, 0) is 45.6 Å². The van der Waals surface area contributed by atoms with Crippen LogP contribution in [0, 0.1) is 0 Å². The van der Waals surface area contributed by atoms with Crippen LogP contribution in [-0.2, 0) is 9.53 Å². The van der Waals surface area contributed by atoms with Gasteiger partial charge < -0.3 is 9.64 Å². The average molecular weight is 385 g/mol. The molecular formula is C19H29ClN2O2S. The van der Waals surface area contributed by atoms with Crippen LogP contribution >= 0.6 is 23.4 Å². The third kappa shape index (κ3) is 6.32. The monoisotopic (exact) mass is 384 g/mol. The van der Waals surface area contributed by atoms with Gasteiger partial charge in [0.15, 0.2) is 6.04 Å². The maximum atomic E-state index is 11.7. The van der Waals surface area contributed by atoms with Gasteiger partial charge in [-0.25, -0.2) is 4.79 Å². The fourth-order valence-electron chi connectivity index (χ4n) is 2.45. The molecule has 6 heteroatoms. The SMILES string of the molecule is CCN(CC)CC.COC(=O)C1N=C(c2ccc(Cl)cc2)SC1(C)C. The summed E-state index contributed by atoms with van der Waals surface area (Å²) in [6, 6.07) is 6.99.